The molecular formula is C14H22N6. The van der Waals surface area contributed by atoms with Crippen molar-refractivity contribution in [2.24, 2.45) is 11.8 Å². The molecule has 0 saturated carbocycles. The Hall–Kier alpha value is -1.79. The smallest absolute Gasteiger partial charge is 0.138 e. The molecule has 0 saturated heterocycles. The second-order valence-corrected chi connectivity index (χ2v) is 5.47. The Morgan fingerprint density at radius 1 is 1.35 bits per heavy atom. The molecule has 0 fully saturated rings. The highest BCUT2D eigenvalue weighted by Gasteiger charge is 2.15. The number of aromatic nitrogens is 4. The number of nitrogens with zero attached hydrogens (tertiary/aromatic N) is 4. The normalized spacial score (nSPS) is 12.8. The van der Waals surface area contributed by atoms with E-state index in [0.717, 1.165) is 23.5 Å². The summed E-state index contributed by atoms with van der Waals surface area (Å²) >= 11 is 0. The zero-order valence-corrected chi connectivity index (χ0v) is 12.2. The van der Waals surface area contributed by atoms with Gasteiger partial charge < -0.3 is 0 Å². The lowest BCUT2D eigenvalue weighted by molar-refractivity contribution is 0.446. The fourth-order valence-corrected chi connectivity index (χ4v) is 2.17. The van der Waals surface area contributed by atoms with Crippen LogP contribution in [0.5, 0.6) is 0 Å². The fourth-order valence-electron chi connectivity index (χ4n) is 2.17. The van der Waals surface area contributed by atoms with Gasteiger partial charge in [0, 0.05) is 25.4 Å². The number of hydrogen-bond donors (Lipinski definition) is 2. The van der Waals surface area contributed by atoms with Gasteiger partial charge in [-0.05, 0) is 24.0 Å². The molecule has 1 unspecified atom stereocenters. The van der Waals surface area contributed by atoms with Gasteiger partial charge in [-0.2, -0.15) is 5.10 Å². The van der Waals surface area contributed by atoms with E-state index in [1.165, 1.54) is 0 Å². The molecule has 2 rings (SSSR count). The van der Waals surface area contributed by atoms with Gasteiger partial charge in [0.1, 0.15) is 12.2 Å². The fraction of sp³-hybridized carbons (Fsp3) is 0.500. The molecule has 2 aromatic rings. The summed E-state index contributed by atoms with van der Waals surface area (Å²) in [6, 6.07) is 2.07. The maximum absolute atomic E-state index is 5.69. The molecule has 6 heteroatoms. The number of nitrogens with two attached hydrogens (primary N) is 1. The molecule has 0 aliphatic carbocycles. The zero-order chi connectivity index (χ0) is 14.5. The van der Waals surface area contributed by atoms with Crippen molar-refractivity contribution < 1.29 is 0 Å². The maximum Gasteiger partial charge on any atom is 0.138 e. The van der Waals surface area contributed by atoms with Crippen molar-refractivity contribution in [3.8, 4) is 0 Å². The summed E-state index contributed by atoms with van der Waals surface area (Å²) in [5, 5.41) is 4.28. The van der Waals surface area contributed by atoms with Gasteiger partial charge in [-0.3, -0.25) is 16.3 Å². The molecule has 0 radical (unpaired) electrons. The van der Waals surface area contributed by atoms with Crippen LogP contribution in [0.15, 0.2) is 24.8 Å². The van der Waals surface area contributed by atoms with Crippen LogP contribution in [0.1, 0.15) is 36.8 Å². The predicted molar refractivity (Wildman–Crippen MR) is 77.6 cm³/mol. The van der Waals surface area contributed by atoms with Gasteiger partial charge in [0.2, 0.25) is 0 Å². The summed E-state index contributed by atoms with van der Waals surface area (Å²) in [4.78, 5) is 8.56. The average molecular weight is 274 g/mol. The highest BCUT2D eigenvalue weighted by Crippen LogP contribution is 2.17. The van der Waals surface area contributed by atoms with E-state index in [4.69, 9.17) is 5.84 Å². The lowest BCUT2D eigenvalue weighted by Gasteiger charge is -2.17. The SMILES string of the molecule is Cc1cncc(C(Cc2ncnn2CC(C)C)NN)c1. The molecule has 2 aromatic heterocycles. The zero-order valence-electron chi connectivity index (χ0n) is 12.2. The molecule has 20 heavy (non-hydrogen) atoms. The number of rotatable bonds is 6. The van der Waals surface area contributed by atoms with Gasteiger partial charge >= 0.3 is 0 Å². The highest BCUT2D eigenvalue weighted by atomic mass is 15.3. The third kappa shape index (κ3) is 3.61. The Morgan fingerprint density at radius 2 is 2.15 bits per heavy atom. The number of aryl methyl sites for hydroxylation is 1. The second kappa shape index (κ2) is 6.58. The number of hydrogen-bond acceptors (Lipinski definition) is 5. The van der Waals surface area contributed by atoms with E-state index in [9.17, 15) is 0 Å². The summed E-state index contributed by atoms with van der Waals surface area (Å²) in [5.41, 5.74) is 5.02. The van der Waals surface area contributed by atoms with Crippen molar-refractivity contribution in [3.05, 3.63) is 41.7 Å². The summed E-state index contributed by atoms with van der Waals surface area (Å²) in [6.07, 6.45) is 5.95. The maximum atomic E-state index is 5.69. The van der Waals surface area contributed by atoms with Crippen molar-refractivity contribution in [2.75, 3.05) is 0 Å². The molecule has 0 spiro atoms. The first kappa shape index (κ1) is 14.6. The quantitative estimate of drug-likeness (QED) is 0.614. The van der Waals surface area contributed by atoms with E-state index in [0.29, 0.717) is 12.3 Å². The van der Waals surface area contributed by atoms with Gasteiger partial charge in [0.05, 0.1) is 6.04 Å². The van der Waals surface area contributed by atoms with Crippen LogP contribution in [0.25, 0.3) is 0 Å². The van der Waals surface area contributed by atoms with Crippen LogP contribution in [0.4, 0.5) is 0 Å². The van der Waals surface area contributed by atoms with Crippen molar-refractivity contribution in [1.82, 2.24) is 25.2 Å². The van der Waals surface area contributed by atoms with E-state index in [-0.39, 0.29) is 6.04 Å². The first-order valence-electron chi connectivity index (χ1n) is 6.84. The molecule has 2 heterocycles. The van der Waals surface area contributed by atoms with Crippen LogP contribution >= 0.6 is 0 Å². The lowest BCUT2D eigenvalue weighted by atomic mass is 10.0. The predicted octanol–water partition coefficient (Wildman–Crippen LogP) is 1.38. The third-order valence-electron chi connectivity index (χ3n) is 3.12. The molecule has 0 aliphatic heterocycles. The summed E-state index contributed by atoms with van der Waals surface area (Å²) < 4.78 is 1.94. The van der Waals surface area contributed by atoms with E-state index < -0.39 is 0 Å². The Labute approximate surface area is 119 Å². The summed E-state index contributed by atoms with van der Waals surface area (Å²) in [7, 11) is 0. The average Bonchev–Trinajstić information content (AvgIpc) is 2.82. The monoisotopic (exact) mass is 274 g/mol. The molecule has 6 nitrogen and oxygen atoms in total. The molecule has 108 valence electrons. The molecule has 1 atom stereocenters. The van der Waals surface area contributed by atoms with Crippen LogP contribution < -0.4 is 11.3 Å². The second-order valence-electron chi connectivity index (χ2n) is 5.47. The summed E-state index contributed by atoms with van der Waals surface area (Å²) in [5.74, 6) is 7.15. The first-order chi connectivity index (χ1) is 9.60. The highest BCUT2D eigenvalue weighted by molar-refractivity contribution is 5.21. The van der Waals surface area contributed by atoms with Crippen LogP contribution in [0.2, 0.25) is 0 Å². The number of hydrazine groups is 1. The first-order valence-corrected chi connectivity index (χ1v) is 6.84. The van der Waals surface area contributed by atoms with Crippen molar-refractivity contribution >= 4 is 0 Å². The van der Waals surface area contributed by atoms with Crippen LogP contribution in [0.3, 0.4) is 0 Å². The Kier molecular flexibility index (Phi) is 4.81. The Morgan fingerprint density at radius 3 is 2.80 bits per heavy atom. The van der Waals surface area contributed by atoms with Crippen molar-refractivity contribution in [1.29, 1.82) is 0 Å². The molecular weight excluding hydrogens is 252 g/mol. The minimum Gasteiger partial charge on any atom is -0.271 e. The summed E-state index contributed by atoms with van der Waals surface area (Å²) in [6.45, 7) is 7.20. The minimum atomic E-state index is -0.0162. The third-order valence-corrected chi connectivity index (χ3v) is 3.12. The van der Waals surface area contributed by atoms with Crippen LogP contribution in [0, 0.1) is 12.8 Å². The Balaban J connectivity index is 2.16. The van der Waals surface area contributed by atoms with Crippen LogP contribution in [-0.4, -0.2) is 19.7 Å². The number of nitrogens with one attached hydrogen (secondary N) is 1. The van der Waals surface area contributed by atoms with Crippen LogP contribution in [-0.2, 0) is 13.0 Å². The van der Waals surface area contributed by atoms with E-state index in [1.807, 2.05) is 24.0 Å². The Bertz CT molecular complexity index is 548. The van der Waals surface area contributed by atoms with Gasteiger partial charge in [0.25, 0.3) is 0 Å². The van der Waals surface area contributed by atoms with Crippen molar-refractivity contribution in [2.45, 2.75) is 39.8 Å². The molecule has 0 amide bonds. The van der Waals surface area contributed by atoms with Gasteiger partial charge in [0.15, 0.2) is 0 Å². The molecule has 3 N–H and O–H groups in total. The largest absolute Gasteiger partial charge is 0.271 e. The molecule has 0 aromatic carbocycles. The topological polar surface area (TPSA) is 81.7 Å². The molecule has 0 aliphatic rings. The standard InChI is InChI=1S/C14H22N6/c1-10(2)8-20-14(17-9-18-20)5-13(19-15)12-4-11(3)6-16-7-12/h4,6-7,9-10,13,19H,5,8,15H2,1-3H3. The minimum absolute atomic E-state index is 0.0162. The lowest BCUT2D eigenvalue weighted by Crippen LogP contribution is -2.30. The van der Waals surface area contributed by atoms with Crippen molar-refractivity contribution in [3.63, 3.8) is 0 Å². The van der Waals surface area contributed by atoms with E-state index in [2.05, 4.69) is 40.4 Å². The molecule has 0 bridgehead atoms. The number of pyridine rings is 1. The van der Waals surface area contributed by atoms with Gasteiger partial charge in [-0.1, -0.05) is 19.9 Å². The van der Waals surface area contributed by atoms with Gasteiger partial charge in [-0.25, -0.2) is 9.67 Å². The van der Waals surface area contributed by atoms with E-state index in [1.54, 1.807) is 6.33 Å². The van der Waals surface area contributed by atoms with E-state index >= 15 is 0 Å². The van der Waals surface area contributed by atoms with Gasteiger partial charge in [-0.15, -0.1) is 0 Å².